The smallest absolute Gasteiger partial charge is 0.319 e. The first-order valence-electron chi connectivity index (χ1n) is 14.8. The van der Waals surface area contributed by atoms with Crippen molar-refractivity contribution in [2.75, 3.05) is 31.3 Å². The van der Waals surface area contributed by atoms with Crippen LogP contribution < -0.4 is 19.7 Å². The number of phenols is 1. The van der Waals surface area contributed by atoms with Crippen molar-refractivity contribution in [1.82, 2.24) is 20.3 Å². The van der Waals surface area contributed by atoms with Crippen molar-refractivity contribution >= 4 is 28.3 Å². The number of nitrogens with zero attached hydrogens (tertiary/aromatic N) is 4. The molecule has 11 heteroatoms. The normalized spacial score (nSPS) is 31.3. The third-order valence-corrected chi connectivity index (χ3v) is 10.3. The van der Waals surface area contributed by atoms with Gasteiger partial charge in [-0.25, -0.2) is 9.37 Å². The minimum atomic E-state index is -0.592. The minimum Gasteiger partial charge on any atom is -0.508 e. The Bertz CT molecular complexity index is 1590. The highest BCUT2D eigenvalue weighted by Gasteiger charge is 2.52. The summed E-state index contributed by atoms with van der Waals surface area (Å²) in [6.45, 7) is 2.31. The molecule has 41 heavy (non-hydrogen) atoms. The van der Waals surface area contributed by atoms with Crippen molar-refractivity contribution in [1.29, 1.82) is 0 Å². The minimum absolute atomic E-state index is 0.0149. The Kier molecular flexibility index (Phi) is 5.28. The van der Waals surface area contributed by atoms with E-state index in [4.69, 9.17) is 35.8 Å². The van der Waals surface area contributed by atoms with Gasteiger partial charge >= 0.3 is 6.01 Å². The number of piperazine rings is 1. The molecule has 9 nitrogen and oxygen atoms in total. The first kappa shape index (κ1) is 24.6. The van der Waals surface area contributed by atoms with E-state index in [9.17, 15) is 5.11 Å². The second kappa shape index (κ2) is 8.78. The molecule has 0 spiro atoms. The van der Waals surface area contributed by atoms with E-state index in [0.717, 1.165) is 57.1 Å². The number of anilines is 1. The molecule has 2 aromatic heterocycles. The van der Waals surface area contributed by atoms with Crippen LogP contribution in [0.4, 0.5) is 10.2 Å². The Morgan fingerprint density at radius 1 is 1.15 bits per heavy atom. The quantitative estimate of drug-likeness (QED) is 0.445. The molecule has 7 aliphatic rings. The van der Waals surface area contributed by atoms with Crippen molar-refractivity contribution in [2.45, 2.75) is 75.1 Å². The lowest BCUT2D eigenvalue weighted by Crippen LogP contribution is -2.59. The number of nitrogens with one attached hydrogen (secondary N) is 1. The van der Waals surface area contributed by atoms with E-state index < -0.39 is 5.82 Å². The summed E-state index contributed by atoms with van der Waals surface area (Å²) in [6.07, 6.45) is 7.15. The summed E-state index contributed by atoms with van der Waals surface area (Å²) in [5.41, 5.74) is 1.45. The highest BCUT2D eigenvalue weighted by Crippen LogP contribution is 2.52. The molecule has 4 saturated heterocycles. The van der Waals surface area contributed by atoms with Crippen LogP contribution in [0.5, 0.6) is 17.6 Å². The Hall–Kier alpha value is -2.95. The van der Waals surface area contributed by atoms with Gasteiger partial charge in [0, 0.05) is 47.1 Å². The number of fused-ring (bicyclic) bond motifs is 6. The molecule has 3 aromatic rings. The van der Waals surface area contributed by atoms with Gasteiger partial charge in [0.05, 0.1) is 25.9 Å². The Labute approximate surface area is 241 Å². The number of halogens is 2. The van der Waals surface area contributed by atoms with Gasteiger partial charge in [-0.1, -0.05) is 11.6 Å². The van der Waals surface area contributed by atoms with Crippen molar-refractivity contribution in [3.8, 4) is 28.9 Å². The van der Waals surface area contributed by atoms with Crippen LogP contribution in [0.15, 0.2) is 12.1 Å². The van der Waals surface area contributed by atoms with Gasteiger partial charge in [-0.2, -0.15) is 9.97 Å². The molecule has 0 amide bonds. The molecule has 4 bridgehead atoms. The molecule has 0 unspecified atom stereocenters. The predicted octanol–water partition coefficient (Wildman–Crippen LogP) is 4.72. The third-order valence-electron chi connectivity index (χ3n) is 10.0. The van der Waals surface area contributed by atoms with Crippen LogP contribution in [0.1, 0.15) is 56.4 Å². The summed E-state index contributed by atoms with van der Waals surface area (Å²) < 4.78 is 35.1. The van der Waals surface area contributed by atoms with Crippen LogP contribution in [0.3, 0.4) is 0 Å². The largest absolute Gasteiger partial charge is 0.508 e. The number of rotatable bonds is 5. The number of pyridine rings is 1. The molecule has 10 rings (SSSR count). The molecule has 2 saturated carbocycles. The van der Waals surface area contributed by atoms with E-state index >= 15 is 4.39 Å². The van der Waals surface area contributed by atoms with E-state index in [2.05, 4.69) is 15.2 Å². The van der Waals surface area contributed by atoms with Gasteiger partial charge in [0.15, 0.2) is 5.82 Å². The molecule has 214 valence electrons. The second-order valence-electron chi connectivity index (χ2n) is 12.8. The van der Waals surface area contributed by atoms with Crippen LogP contribution in [0, 0.1) is 11.2 Å². The van der Waals surface area contributed by atoms with Crippen molar-refractivity contribution < 1.29 is 23.7 Å². The molecule has 2 aliphatic carbocycles. The van der Waals surface area contributed by atoms with E-state index in [0.29, 0.717) is 65.7 Å². The summed E-state index contributed by atoms with van der Waals surface area (Å²) in [5, 5.41) is 15.1. The fraction of sp³-hybridized carbons (Fsp3) is 0.567. The highest BCUT2D eigenvalue weighted by atomic mass is 35.5. The molecule has 5 aliphatic heterocycles. The first-order valence-corrected chi connectivity index (χ1v) is 15.2. The average Bonchev–Trinajstić information content (AvgIpc) is 3.37. The highest BCUT2D eigenvalue weighted by molar-refractivity contribution is 6.32. The van der Waals surface area contributed by atoms with Crippen LogP contribution in [-0.2, 0) is 4.74 Å². The van der Waals surface area contributed by atoms with Gasteiger partial charge in [0.1, 0.15) is 28.2 Å². The summed E-state index contributed by atoms with van der Waals surface area (Å²) in [7, 11) is 0. The molecular weight excluding hydrogens is 549 g/mol. The maximum absolute atomic E-state index is 16.8. The number of ether oxygens (including phenoxy) is 3. The predicted molar refractivity (Wildman–Crippen MR) is 149 cm³/mol. The van der Waals surface area contributed by atoms with Crippen LogP contribution in [-0.4, -0.2) is 70.7 Å². The monoisotopic (exact) mass is 579 g/mol. The standard InChI is InChI=1S/C30H31ClFN5O4/c31-19-8-16(38)7-18(22(19)14-1-2-14)25-24(32)26-23-27(36-29(35-26)41-13-30-9-17(10-30)40-12-30)37-11-15-3-4-20(33-15)21(37)5-6-39-28(23)34-25/h7-8,14-15,17,20-21,33,38H,1-6,9-13H2/t15-,17?,20+,21-,30?/m1/s1. The molecule has 0 radical (unpaired) electrons. The SMILES string of the molecule is Oc1cc(Cl)c(C2CC2)c(-c2nc3c4c(nc(OCC56COC(C5)C6)nc4c2F)N2C[C@H]4CC[C@H](N4)[C@H]2CCO3)c1. The lowest BCUT2D eigenvalue weighted by atomic mass is 9.71. The second-order valence-corrected chi connectivity index (χ2v) is 13.2. The van der Waals surface area contributed by atoms with Gasteiger partial charge < -0.3 is 29.5 Å². The summed E-state index contributed by atoms with van der Waals surface area (Å²) in [6, 6.07) is 4.04. The lowest BCUT2D eigenvalue weighted by molar-refractivity contribution is 0.0785. The Morgan fingerprint density at radius 3 is 2.83 bits per heavy atom. The summed E-state index contributed by atoms with van der Waals surface area (Å²) >= 11 is 6.59. The molecule has 1 aromatic carbocycles. The van der Waals surface area contributed by atoms with Gasteiger partial charge in [-0.3, -0.25) is 0 Å². The molecule has 7 heterocycles. The zero-order chi connectivity index (χ0) is 27.5. The van der Waals surface area contributed by atoms with E-state index in [1.807, 2.05) is 0 Å². The van der Waals surface area contributed by atoms with E-state index in [1.165, 1.54) is 6.07 Å². The maximum Gasteiger partial charge on any atom is 0.319 e. The number of hydrogen-bond donors (Lipinski definition) is 2. The van der Waals surface area contributed by atoms with Crippen molar-refractivity contribution in [3.63, 3.8) is 0 Å². The van der Waals surface area contributed by atoms with Gasteiger partial charge in [0.25, 0.3) is 0 Å². The number of benzene rings is 1. The molecular formula is C30H31ClFN5O4. The first-order chi connectivity index (χ1) is 19.9. The van der Waals surface area contributed by atoms with E-state index in [1.54, 1.807) is 6.07 Å². The van der Waals surface area contributed by atoms with Gasteiger partial charge in [-0.05, 0) is 62.1 Å². The van der Waals surface area contributed by atoms with Crippen LogP contribution in [0.2, 0.25) is 5.02 Å². The Balaban J connectivity index is 1.24. The lowest BCUT2D eigenvalue weighted by Gasteiger charge is -2.43. The average molecular weight is 580 g/mol. The number of phenolic OH excluding ortho intramolecular Hbond substituents is 1. The number of aromatic nitrogens is 3. The Morgan fingerprint density at radius 2 is 2.02 bits per heavy atom. The summed E-state index contributed by atoms with van der Waals surface area (Å²) in [4.78, 5) is 16.7. The van der Waals surface area contributed by atoms with Gasteiger partial charge in [0.2, 0.25) is 5.88 Å². The summed E-state index contributed by atoms with van der Waals surface area (Å²) in [5.74, 6) is 0.486. The zero-order valence-corrected chi connectivity index (χ0v) is 23.3. The fourth-order valence-electron chi connectivity index (χ4n) is 7.82. The fourth-order valence-corrected chi connectivity index (χ4v) is 8.19. The molecule has 6 fully saturated rings. The van der Waals surface area contributed by atoms with Crippen molar-refractivity contribution in [3.05, 3.63) is 28.5 Å². The van der Waals surface area contributed by atoms with Crippen LogP contribution in [0.25, 0.3) is 22.2 Å². The molecule has 2 N–H and O–H groups in total. The topological polar surface area (TPSA) is 102 Å². The van der Waals surface area contributed by atoms with Gasteiger partial charge in [-0.15, -0.1) is 0 Å². The number of aromatic hydroxyl groups is 1. The third kappa shape index (κ3) is 3.83. The molecule has 3 atom stereocenters. The van der Waals surface area contributed by atoms with Crippen molar-refractivity contribution in [2.24, 2.45) is 5.41 Å². The zero-order valence-electron chi connectivity index (χ0n) is 22.5. The van der Waals surface area contributed by atoms with Crippen LogP contribution >= 0.6 is 11.6 Å². The maximum atomic E-state index is 16.8. The number of hydrogen-bond acceptors (Lipinski definition) is 9. The van der Waals surface area contributed by atoms with E-state index in [-0.39, 0.29) is 40.3 Å².